The minimum Gasteiger partial charge on any atom is -0.448 e. The van der Waals surface area contributed by atoms with Gasteiger partial charge in [0.25, 0.3) is 5.91 Å². The van der Waals surface area contributed by atoms with Gasteiger partial charge in [0.05, 0.1) is 34.8 Å². The van der Waals surface area contributed by atoms with Gasteiger partial charge in [-0.25, -0.2) is 9.97 Å². The van der Waals surface area contributed by atoms with Crippen molar-refractivity contribution in [2.45, 2.75) is 19.5 Å². The molecule has 0 aliphatic rings. The van der Waals surface area contributed by atoms with Crippen molar-refractivity contribution in [1.29, 1.82) is 0 Å². The molecule has 0 fully saturated rings. The van der Waals surface area contributed by atoms with Gasteiger partial charge in [-0.15, -0.1) is 0 Å². The second kappa shape index (κ2) is 8.85. The van der Waals surface area contributed by atoms with Crippen molar-refractivity contribution in [3.05, 3.63) is 77.0 Å². The molecule has 3 heterocycles. The molecule has 4 aromatic rings. The first-order valence-electron chi connectivity index (χ1n) is 9.15. The maximum atomic E-state index is 12.2. The van der Waals surface area contributed by atoms with Crippen LogP contribution in [0, 0.1) is 0 Å². The number of halogens is 1. The fourth-order valence-electron chi connectivity index (χ4n) is 2.82. The number of oxazole rings is 1. The zero-order valence-electron chi connectivity index (χ0n) is 15.5. The third-order valence-corrected chi connectivity index (χ3v) is 4.63. The molecule has 0 spiro atoms. The number of carbonyl (C=O) groups is 1. The van der Waals surface area contributed by atoms with Gasteiger partial charge in [-0.05, 0) is 24.3 Å². The highest BCUT2D eigenvalue weighted by Gasteiger charge is 2.13. The Balaban J connectivity index is 1.23. The summed E-state index contributed by atoms with van der Waals surface area (Å²) in [5, 5.41) is 6.52. The Kier molecular flexibility index (Phi) is 5.83. The number of fused-ring (bicyclic) bond motifs is 1. The Morgan fingerprint density at radius 2 is 2.03 bits per heavy atom. The Hall–Kier alpha value is -3.23. The summed E-state index contributed by atoms with van der Waals surface area (Å²) in [6.07, 6.45) is 3.53. The molecule has 0 radical (unpaired) electrons. The van der Waals surface area contributed by atoms with Crippen molar-refractivity contribution < 1.29 is 9.21 Å². The largest absolute Gasteiger partial charge is 0.448 e. The van der Waals surface area contributed by atoms with Gasteiger partial charge in [-0.2, -0.15) is 0 Å². The number of hydrogen-bond acceptors (Lipinski definition) is 6. The number of aromatic nitrogens is 4. The Morgan fingerprint density at radius 3 is 2.90 bits per heavy atom. The van der Waals surface area contributed by atoms with Crippen LogP contribution in [0.4, 0.5) is 0 Å². The molecule has 0 unspecified atom stereocenters. The van der Waals surface area contributed by atoms with Crippen LogP contribution in [0.15, 0.2) is 53.3 Å². The van der Waals surface area contributed by atoms with Crippen molar-refractivity contribution in [1.82, 2.24) is 30.6 Å². The number of hydrogen-bond donors (Lipinski definition) is 3. The fraction of sp³-hybridized carbons (Fsp3) is 0.200. The minimum absolute atomic E-state index is 0.222. The lowest BCUT2D eigenvalue weighted by Gasteiger charge is -2.03. The first-order chi connectivity index (χ1) is 14.2. The molecule has 8 nitrogen and oxygen atoms in total. The first-order valence-corrected chi connectivity index (χ1v) is 9.53. The first kappa shape index (κ1) is 19.1. The van der Waals surface area contributed by atoms with Gasteiger partial charge < -0.3 is 20.0 Å². The van der Waals surface area contributed by atoms with E-state index in [0.29, 0.717) is 36.1 Å². The number of para-hydroxylation sites is 2. The second-order valence-corrected chi connectivity index (χ2v) is 6.78. The van der Waals surface area contributed by atoms with Crippen LogP contribution in [0.2, 0.25) is 5.02 Å². The molecule has 9 heteroatoms. The SMILES string of the molecule is O=C(NCc1ncccc1Cl)c1coc(CCNCc2nc3ccccc3[nH]2)n1. The van der Waals surface area contributed by atoms with Gasteiger partial charge in [-0.3, -0.25) is 9.78 Å². The number of carbonyl (C=O) groups excluding carboxylic acids is 1. The molecule has 0 saturated carbocycles. The third-order valence-electron chi connectivity index (χ3n) is 4.28. The lowest BCUT2D eigenvalue weighted by molar-refractivity contribution is 0.0945. The molecule has 4 rings (SSSR count). The lowest BCUT2D eigenvalue weighted by atomic mass is 10.3. The molecule has 148 valence electrons. The second-order valence-electron chi connectivity index (χ2n) is 6.37. The summed E-state index contributed by atoms with van der Waals surface area (Å²) in [7, 11) is 0. The molecule has 0 aliphatic heterocycles. The normalized spacial score (nSPS) is 11.1. The monoisotopic (exact) mass is 410 g/mol. The van der Waals surface area contributed by atoms with Crippen LogP contribution in [0.1, 0.15) is 27.9 Å². The minimum atomic E-state index is -0.336. The van der Waals surface area contributed by atoms with E-state index >= 15 is 0 Å². The summed E-state index contributed by atoms with van der Waals surface area (Å²) < 4.78 is 5.38. The van der Waals surface area contributed by atoms with E-state index in [9.17, 15) is 4.79 Å². The zero-order chi connectivity index (χ0) is 20.1. The number of pyridine rings is 1. The highest BCUT2D eigenvalue weighted by atomic mass is 35.5. The molecule has 1 amide bonds. The van der Waals surface area contributed by atoms with Gasteiger partial charge in [0.15, 0.2) is 11.6 Å². The number of amides is 1. The topological polar surface area (TPSA) is 109 Å². The van der Waals surface area contributed by atoms with E-state index in [1.807, 2.05) is 24.3 Å². The summed E-state index contributed by atoms with van der Waals surface area (Å²) in [6, 6.07) is 11.4. The quantitative estimate of drug-likeness (QED) is 0.385. The maximum absolute atomic E-state index is 12.2. The third kappa shape index (κ3) is 4.79. The maximum Gasteiger partial charge on any atom is 0.273 e. The van der Waals surface area contributed by atoms with E-state index in [4.69, 9.17) is 16.0 Å². The standard InChI is InChI=1S/C20H19ClN6O2/c21-13-4-3-8-23-16(13)10-24-20(28)17-12-29-19(27-17)7-9-22-11-18-25-14-5-1-2-6-15(14)26-18/h1-6,8,12,22H,7,9-11H2,(H,24,28)(H,25,26). The van der Waals surface area contributed by atoms with Gasteiger partial charge in [0.1, 0.15) is 12.1 Å². The van der Waals surface area contributed by atoms with Gasteiger partial charge >= 0.3 is 0 Å². The van der Waals surface area contributed by atoms with Crippen molar-refractivity contribution in [3.63, 3.8) is 0 Å². The average Bonchev–Trinajstić information content (AvgIpc) is 3.37. The van der Waals surface area contributed by atoms with Gasteiger partial charge in [-0.1, -0.05) is 23.7 Å². The molecule has 0 atom stereocenters. The van der Waals surface area contributed by atoms with Gasteiger partial charge in [0, 0.05) is 19.2 Å². The average molecular weight is 411 g/mol. The summed E-state index contributed by atoms with van der Waals surface area (Å²) >= 11 is 6.03. The van der Waals surface area contributed by atoms with Crippen LogP contribution in [0.5, 0.6) is 0 Å². The number of nitrogens with zero attached hydrogens (tertiary/aromatic N) is 3. The van der Waals surface area contributed by atoms with E-state index in [1.54, 1.807) is 18.3 Å². The Labute approximate surface area is 171 Å². The highest BCUT2D eigenvalue weighted by molar-refractivity contribution is 6.31. The molecule has 3 N–H and O–H groups in total. The molecular formula is C20H19ClN6O2. The summed E-state index contributed by atoms with van der Waals surface area (Å²) in [5.41, 5.74) is 2.78. The van der Waals surface area contributed by atoms with Crippen LogP contribution >= 0.6 is 11.6 Å². The van der Waals surface area contributed by atoms with Crippen molar-refractivity contribution in [3.8, 4) is 0 Å². The number of rotatable bonds is 8. The smallest absolute Gasteiger partial charge is 0.273 e. The fourth-order valence-corrected chi connectivity index (χ4v) is 3.01. The van der Waals surface area contributed by atoms with Crippen LogP contribution in [0.25, 0.3) is 11.0 Å². The van der Waals surface area contributed by atoms with E-state index in [-0.39, 0.29) is 18.1 Å². The zero-order valence-corrected chi connectivity index (χ0v) is 16.2. The van der Waals surface area contributed by atoms with E-state index in [0.717, 1.165) is 16.9 Å². The van der Waals surface area contributed by atoms with Crippen LogP contribution < -0.4 is 10.6 Å². The molecular weight excluding hydrogens is 392 g/mol. The summed E-state index contributed by atoms with van der Waals surface area (Å²) in [6.45, 7) is 1.47. The molecule has 0 bridgehead atoms. The van der Waals surface area contributed by atoms with Crippen molar-refractivity contribution in [2.75, 3.05) is 6.54 Å². The predicted molar refractivity (Wildman–Crippen MR) is 108 cm³/mol. The number of H-pyrrole nitrogens is 1. The van der Waals surface area contributed by atoms with Crippen LogP contribution in [0.3, 0.4) is 0 Å². The molecule has 3 aromatic heterocycles. The molecule has 0 saturated heterocycles. The number of benzene rings is 1. The van der Waals surface area contributed by atoms with E-state index in [1.165, 1.54) is 6.26 Å². The van der Waals surface area contributed by atoms with E-state index in [2.05, 4.69) is 30.6 Å². The van der Waals surface area contributed by atoms with Crippen LogP contribution in [-0.4, -0.2) is 32.4 Å². The number of nitrogens with one attached hydrogen (secondary N) is 3. The van der Waals surface area contributed by atoms with E-state index < -0.39 is 0 Å². The Bertz CT molecular complexity index is 1090. The number of aromatic amines is 1. The van der Waals surface area contributed by atoms with Crippen LogP contribution in [-0.2, 0) is 19.5 Å². The van der Waals surface area contributed by atoms with Crippen molar-refractivity contribution >= 4 is 28.5 Å². The Morgan fingerprint density at radius 1 is 1.14 bits per heavy atom. The molecule has 0 aliphatic carbocycles. The summed E-state index contributed by atoms with van der Waals surface area (Å²) in [5.74, 6) is 1.02. The highest BCUT2D eigenvalue weighted by Crippen LogP contribution is 2.12. The number of imidazole rings is 1. The summed E-state index contributed by atoms with van der Waals surface area (Å²) in [4.78, 5) is 28.3. The van der Waals surface area contributed by atoms with Crippen molar-refractivity contribution in [2.24, 2.45) is 0 Å². The van der Waals surface area contributed by atoms with Gasteiger partial charge in [0.2, 0.25) is 0 Å². The molecule has 29 heavy (non-hydrogen) atoms. The molecule has 1 aromatic carbocycles. The lowest BCUT2D eigenvalue weighted by Crippen LogP contribution is -2.24. The predicted octanol–water partition coefficient (Wildman–Crippen LogP) is 2.86.